The zero-order chi connectivity index (χ0) is 7.82. The molecule has 0 fully saturated rings. The normalized spacial score (nSPS) is 21.9. The number of rotatable bonds is 0. The van der Waals surface area contributed by atoms with Gasteiger partial charge in [-0.15, -0.1) is 0 Å². The number of carbonyl (C=O) groups is 1. The summed E-state index contributed by atoms with van der Waals surface area (Å²) in [7, 11) is 0. The number of aliphatic hydroxyl groups is 1. The fourth-order valence-corrected chi connectivity index (χ4v) is 0.590. The van der Waals surface area contributed by atoms with Crippen molar-refractivity contribution >= 4 is 6.47 Å². The van der Waals surface area contributed by atoms with Gasteiger partial charge in [0.15, 0.2) is 0 Å². The van der Waals surface area contributed by atoms with Gasteiger partial charge in [-0.05, 0) is 18.7 Å². The Balaban J connectivity index is 0.000000236. The molecular formula is C6H11NO3. The molecule has 1 aliphatic heterocycles. The second-order valence-corrected chi connectivity index (χ2v) is 1.77. The summed E-state index contributed by atoms with van der Waals surface area (Å²) in [5.74, 6) is 0. The molecule has 0 radical (unpaired) electrons. The molecule has 58 valence electrons. The van der Waals surface area contributed by atoms with Crippen LogP contribution < -0.4 is 5.32 Å². The fraction of sp³-hybridized carbons (Fsp3) is 0.500. The molecule has 1 rings (SSSR count). The maximum absolute atomic E-state index is 8.78. The highest BCUT2D eigenvalue weighted by atomic mass is 16.3. The van der Waals surface area contributed by atoms with Crippen LogP contribution in [-0.2, 0) is 4.79 Å². The quantitative estimate of drug-likeness (QED) is 0.404. The standard InChI is InChI=1S/C5H9NO.CH2O2/c7-5-1-3-6-4-2-5;2-1-3/h1,3,5-7H,2,4H2;1H,(H,2,3). The van der Waals surface area contributed by atoms with Gasteiger partial charge in [0, 0.05) is 6.54 Å². The van der Waals surface area contributed by atoms with Gasteiger partial charge < -0.3 is 15.5 Å². The smallest absolute Gasteiger partial charge is 0.290 e. The van der Waals surface area contributed by atoms with Crippen molar-refractivity contribution in [3.8, 4) is 0 Å². The zero-order valence-corrected chi connectivity index (χ0v) is 5.53. The molecule has 0 amide bonds. The summed E-state index contributed by atoms with van der Waals surface area (Å²) in [5.41, 5.74) is 0. The van der Waals surface area contributed by atoms with Crippen LogP contribution in [0.25, 0.3) is 0 Å². The van der Waals surface area contributed by atoms with Crippen LogP contribution in [-0.4, -0.2) is 29.3 Å². The van der Waals surface area contributed by atoms with Crippen LogP contribution in [0.5, 0.6) is 0 Å². The van der Waals surface area contributed by atoms with Gasteiger partial charge in [0.25, 0.3) is 6.47 Å². The number of hydrogen-bond donors (Lipinski definition) is 3. The van der Waals surface area contributed by atoms with E-state index in [9.17, 15) is 0 Å². The van der Waals surface area contributed by atoms with E-state index in [4.69, 9.17) is 15.0 Å². The van der Waals surface area contributed by atoms with Crippen molar-refractivity contribution in [2.45, 2.75) is 12.5 Å². The van der Waals surface area contributed by atoms with Gasteiger partial charge in [0.05, 0.1) is 6.10 Å². The molecule has 0 aromatic carbocycles. The molecule has 1 heterocycles. The highest BCUT2D eigenvalue weighted by Crippen LogP contribution is 1.94. The summed E-state index contributed by atoms with van der Waals surface area (Å²) in [6.07, 6.45) is 4.18. The molecule has 0 aliphatic carbocycles. The second-order valence-electron chi connectivity index (χ2n) is 1.77. The maximum atomic E-state index is 8.78. The monoisotopic (exact) mass is 145 g/mol. The average Bonchev–Trinajstić information content (AvgIpc) is 1.91. The minimum absolute atomic E-state index is 0.207. The Hall–Kier alpha value is -1.03. The van der Waals surface area contributed by atoms with Crippen LogP contribution in [0.3, 0.4) is 0 Å². The van der Waals surface area contributed by atoms with Gasteiger partial charge in [0.2, 0.25) is 0 Å². The van der Waals surface area contributed by atoms with E-state index in [1.165, 1.54) is 0 Å². The molecule has 0 aromatic heterocycles. The molecule has 4 heteroatoms. The topological polar surface area (TPSA) is 69.6 Å². The van der Waals surface area contributed by atoms with Crippen molar-refractivity contribution < 1.29 is 15.0 Å². The summed E-state index contributed by atoms with van der Waals surface area (Å²) in [6, 6.07) is 0. The van der Waals surface area contributed by atoms with Crippen molar-refractivity contribution in [1.82, 2.24) is 5.32 Å². The Kier molecular flexibility index (Phi) is 5.47. The number of nitrogens with one attached hydrogen (secondary N) is 1. The third-order valence-corrected chi connectivity index (χ3v) is 1.02. The van der Waals surface area contributed by atoms with E-state index in [0.29, 0.717) is 0 Å². The zero-order valence-electron chi connectivity index (χ0n) is 5.53. The van der Waals surface area contributed by atoms with Crippen molar-refractivity contribution in [3.63, 3.8) is 0 Å². The van der Waals surface area contributed by atoms with Crippen LogP contribution in [0.15, 0.2) is 12.3 Å². The Morgan fingerprint density at radius 1 is 1.70 bits per heavy atom. The van der Waals surface area contributed by atoms with E-state index >= 15 is 0 Å². The average molecular weight is 145 g/mol. The largest absolute Gasteiger partial charge is 0.483 e. The van der Waals surface area contributed by atoms with Gasteiger partial charge in [0.1, 0.15) is 0 Å². The van der Waals surface area contributed by atoms with Crippen molar-refractivity contribution in [2.24, 2.45) is 0 Å². The SMILES string of the molecule is O=CO.OC1C=CNCC1. The summed E-state index contributed by atoms with van der Waals surface area (Å²) in [6.45, 7) is 0.650. The highest BCUT2D eigenvalue weighted by molar-refractivity contribution is 5.32. The van der Waals surface area contributed by atoms with E-state index in [1.807, 2.05) is 0 Å². The summed E-state index contributed by atoms with van der Waals surface area (Å²) >= 11 is 0. The molecule has 1 unspecified atom stereocenters. The van der Waals surface area contributed by atoms with Crippen LogP contribution in [0, 0.1) is 0 Å². The Morgan fingerprint density at radius 2 is 2.30 bits per heavy atom. The molecule has 0 saturated carbocycles. The van der Waals surface area contributed by atoms with E-state index in [1.54, 1.807) is 12.3 Å². The summed E-state index contributed by atoms with van der Waals surface area (Å²) in [5, 5.41) is 18.6. The minimum atomic E-state index is -0.250. The van der Waals surface area contributed by atoms with Crippen molar-refractivity contribution in [3.05, 3.63) is 12.3 Å². The minimum Gasteiger partial charge on any atom is -0.483 e. The fourth-order valence-electron chi connectivity index (χ4n) is 0.590. The van der Waals surface area contributed by atoms with E-state index < -0.39 is 0 Å². The first-order chi connectivity index (χ1) is 4.81. The Morgan fingerprint density at radius 3 is 2.50 bits per heavy atom. The Bertz CT molecular complexity index is 114. The lowest BCUT2D eigenvalue weighted by molar-refractivity contribution is -0.122. The first kappa shape index (κ1) is 8.97. The van der Waals surface area contributed by atoms with E-state index in [2.05, 4.69) is 5.32 Å². The van der Waals surface area contributed by atoms with Crippen LogP contribution in [0.2, 0.25) is 0 Å². The number of carboxylic acid groups (broad SMARTS) is 1. The molecule has 0 saturated heterocycles. The van der Waals surface area contributed by atoms with Gasteiger partial charge in [-0.3, -0.25) is 4.79 Å². The van der Waals surface area contributed by atoms with E-state index in [-0.39, 0.29) is 12.6 Å². The van der Waals surface area contributed by atoms with Crippen molar-refractivity contribution in [2.75, 3.05) is 6.54 Å². The molecule has 3 N–H and O–H groups in total. The first-order valence-corrected chi connectivity index (χ1v) is 2.97. The first-order valence-electron chi connectivity index (χ1n) is 2.97. The van der Waals surface area contributed by atoms with Crippen LogP contribution >= 0.6 is 0 Å². The molecular weight excluding hydrogens is 134 g/mol. The molecule has 0 spiro atoms. The molecule has 1 atom stereocenters. The van der Waals surface area contributed by atoms with Gasteiger partial charge in [-0.2, -0.15) is 0 Å². The predicted octanol–water partition coefficient (Wildman–Crippen LogP) is -0.445. The summed E-state index contributed by atoms with van der Waals surface area (Å²) < 4.78 is 0. The lowest BCUT2D eigenvalue weighted by atomic mass is 10.2. The predicted molar refractivity (Wildman–Crippen MR) is 36.5 cm³/mol. The van der Waals surface area contributed by atoms with Crippen LogP contribution in [0.1, 0.15) is 6.42 Å². The lowest BCUT2D eigenvalue weighted by Crippen LogP contribution is -2.19. The Labute approximate surface area is 59.2 Å². The van der Waals surface area contributed by atoms with Crippen LogP contribution in [0.4, 0.5) is 0 Å². The van der Waals surface area contributed by atoms with E-state index in [0.717, 1.165) is 13.0 Å². The third kappa shape index (κ3) is 5.11. The number of aliphatic hydroxyl groups excluding tert-OH is 1. The number of hydrogen-bond acceptors (Lipinski definition) is 3. The third-order valence-electron chi connectivity index (χ3n) is 1.02. The maximum Gasteiger partial charge on any atom is 0.290 e. The van der Waals surface area contributed by atoms with Gasteiger partial charge in [-0.25, -0.2) is 0 Å². The lowest BCUT2D eigenvalue weighted by Gasteiger charge is -2.09. The molecule has 0 bridgehead atoms. The van der Waals surface area contributed by atoms with Gasteiger partial charge in [-0.1, -0.05) is 0 Å². The second kappa shape index (κ2) is 6.10. The highest BCUT2D eigenvalue weighted by Gasteiger charge is 1.99. The molecule has 0 aromatic rings. The molecule has 4 nitrogen and oxygen atoms in total. The molecule has 1 aliphatic rings. The van der Waals surface area contributed by atoms with Gasteiger partial charge >= 0.3 is 0 Å². The molecule has 10 heavy (non-hydrogen) atoms. The summed E-state index contributed by atoms with van der Waals surface area (Å²) in [4.78, 5) is 8.36. The van der Waals surface area contributed by atoms with Crippen molar-refractivity contribution in [1.29, 1.82) is 0 Å².